The molecule has 0 aliphatic heterocycles. The van der Waals surface area contributed by atoms with Crippen molar-refractivity contribution < 1.29 is 9.15 Å². The van der Waals surface area contributed by atoms with Gasteiger partial charge in [0, 0.05) is 13.1 Å². The summed E-state index contributed by atoms with van der Waals surface area (Å²) in [6.45, 7) is 6.27. The van der Waals surface area contributed by atoms with Gasteiger partial charge in [-0.1, -0.05) is 19.1 Å². The number of nitrogens with zero attached hydrogens (tertiary/aromatic N) is 1. The largest absolute Gasteiger partial charge is 0.494 e. The zero-order valence-electron chi connectivity index (χ0n) is 12.6. The van der Waals surface area contributed by atoms with Crippen molar-refractivity contribution in [1.82, 2.24) is 4.90 Å². The molecule has 2 aromatic rings. The van der Waals surface area contributed by atoms with E-state index in [-0.39, 0.29) is 0 Å². The molecule has 0 aliphatic carbocycles. The van der Waals surface area contributed by atoms with Gasteiger partial charge in [0.1, 0.15) is 11.5 Å². The summed E-state index contributed by atoms with van der Waals surface area (Å²) < 4.78 is 11.2. The van der Waals surface area contributed by atoms with E-state index < -0.39 is 0 Å². The minimum Gasteiger partial charge on any atom is -0.494 e. The Kier molecular flexibility index (Phi) is 6.31. The molecule has 1 heterocycles. The van der Waals surface area contributed by atoms with Crippen LogP contribution in [0.5, 0.6) is 5.75 Å². The van der Waals surface area contributed by atoms with Crippen LogP contribution in [-0.4, -0.2) is 24.6 Å². The molecule has 2 rings (SSSR count). The molecule has 114 valence electrons. The zero-order chi connectivity index (χ0) is 14.9. The highest BCUT2D eigenvalue weighted by Crippen LogP contribution is 2.13. The number of furan rings is 1. The fourth-order valence-corrected chi connectivity index (χ4v) is 2.21. The first-order valence-corrected chi connectivity index (χ1v) is 7.48. The molecular formula is C17H24N2O2. The average molecular weight is 288 g/mol. The Morgan fingerprint density at radius 2 is 2.14 bits per heavy atom. The molecule has 0 aliphatic rings. The van der Waals surface area contributed by atoms with E-state index in [0.29, 0.717) is 13.2 Å². The topological polar surface area (TPSA) is 51.6 Å². The van der Waals surface area contributed by atoms with Gasteiger partial charge in [-0.05, 0) is 42.8 Å². The number of rotatable bonds is 9. The van der Waals surface area contributed by atoms with Crippen molar-refractivity contribution in [3.05, 3.63) is 54.0 Å². The molecular weight excluding hydrogens is 264 g/mol. The maximum atomic E-state index is 5.77. The predicted molar refractivity (Wildman–Crippen MR) is 84.1 cm³/mol. The van der Waals surface area contributed by atoms with Crippen LogP contribution < -0.4 is 10.5 Å². The Hall–Kier alpha value is -1.78. The molecule has 1 aromatic heterocycles. The lowest BCUT2D eigenvalue weighted by molar-refractivity contribution is 0.223. The Balaban J connectivity index is 1.70. The van der Waals surface area contributed by atoms with E-state index in [1.165, 1.54) is 0 Å². The second-order valence-electron chi connectivity index (χ2n) is 5.00. The Morgan fingerprint density at radius 1 is 1.24 bits per heavy atom. The van der Waals surface area contributed by atoms with E-state index in [1.807, 2.05) is 36.4 Å². The lowest BCUT2D eigenvalue weighted by atomic mass is 10.2. The Morgan fingerprint density at radius 3 is 2.86 bits per heavy atom. The summed E-state index contributed by atoms with van der Waals surface area (Å²) in [4.78, 5) is 2.35. The molecule has 1 aromatic carbocycles. The summed E-state index contributed by atoms with van der Waals surface area (Å²) in [7, 11) is 0. The molecule has 0 saturated carbocycles. The maximum absolute atomic E-state index is 5.77. The van der Waals surface area contributed by atoms with E-state index >= 15 is 0 Å². The molecule has 0 amide bonds. The molecule has 0 bridgehead atoms. The fourth-order valence-electron chi connectivity index (χ4n) is 2.21. The molecule has 0 fully saturated rings. The SMILES string of the molecule is CCN(CCCOc1cccc(CN)c1)Cc1ccco1. The first-order valence-electron chi connectivity index (χ1n) is 7.48. The molecule has 4 heteroatoms. The molecule has 0 atom stereocenters. The number of nitrogens with two attached hydrogens (primary N) is 1. The van der Waals surface area contributed by atoms with Gasteiger partial charge in [-0.15, -0.1) is 0 Å². The van der Waals surface area contributed by atoms with Crippen molar-refractivity contribution in [3.63, 3.8) is 0 Å². The van der Waals surface area contributed by atoms with Crippen molar-refractivity contribution in [2.75, 3.05) is 19.7 Å². The van der Waals surface area contributed by atoms with E-state index in [4.69, 9.17) is 14.9 Å². The third-order valence-corrected chi connectivity index (χ3v) is 3.43. The van der Waals surface area contributed by atoms with Crippen molar-refractivity contribution in [2.24, 2.45) is 5.73 Å². The van der Waals surface area contributed by atoms with Crippen LogP contribution >= 0.6 is 0 Å². The average Bonchev–Trinajstić information content (AvgIpc) is 3.03. The lowest BCUT2D eigenvalue weighted by Gasteiger charge is -2.19. The highest BCUT2D eigenvalue weighted by Gasteiger charge is 2.05. The second kappa shape index (κ2) is 8.49. The number of ether oxygens (including phenoxy) is 1. The van der Waals surface area contributed by atoms with Gasteiger partial charge in [0.15, 0.2) is 0 Å². The minimum atomic E-state index is 0.546. The van der Waals surface area contributed by atoms with Crippen LogP contribution in [0.3, 0.4) is 0 Å². The van der Waals surface area contributed by atoms with E-state index in [9.17, 15) is 0 Å². The smallest absolute Gasteiger partial charge is 0.119 e. The zero-order valence-corrected chi connectivity index (χ0v) is 12.6. The van der Waals surface area contributed by atoms with Crippen molar-refractivity contribution >= 4 is 0 Å². The molecule has 0 saturated heterocycles. The van der Waals surface area contributed by atoms with Crippen LogP contribution in [0.4, 0.5) is 0 Å². The van der Waals surface area contributed by atoms with Gasteiger partial charge in [-0.2, -0.15) is 0 Å². The van der Waals surface area contributed by atoms with Crippen molar-refractivity contribution in [1.29, 1.82) is 0 Å². The summed E-state index contributed by atoms with van der Waals surface area (Å²) in [5.41, 5.74) is 6.72. The molecule has 4 nitrogen and oxygen atoms in total. The van der Waals surface area contributed by atoms with Crippen molar-refractivity contribution in [3.8, 4) is 5.75 Å². The quantitative estimate of drug-likeness (QED) is 0.721. The summed E-state index contributed by atoms with van der Waals surface area (Å²) >= 11 is 0. The van der Waals surface area contributed by atoms with Gasteiger partial charge in [-0.25, -0.2) is 0 Å². The normalized spacial score (nSPS) is 11.0. The minimum absolute atomic E-state index is 0.546. The standard InChI is InChI=1S/C17H24N2O2/c1-2-19(14-17-8-4-10-21-17)9-5-11-20-16-7-3-6-15(12-16)13-18/h3-4,6-8,10,12H,2,5,9,11,13-14,18H2,1H3. The summed E-state index contributed by atoms with van der Waals surface area (Å²) in [5, 5.41) is 0. The Bertz CT molecular complexity index is 511. The van der Waals surface area contributed by atoms with Gasteiger partial charge >= 0.3 is 0 Å². The van der Waals surface area contributed by atoms with Gasteiger partial charge in [-0.3, -0.25) is 4.90 Å². The Labute approximate surface area is 126 Å². The third kappa shape index (κ3) is 5.25. The van der Waals surface area contributed by atoms with Gasteiger partial charge in [0.05, 0.1) is 19.4 Å². The molecule has 2 N–H and O–H groups in total. The van der Waals surface area contributed by atoms with Gasteiger partial charge < -0.3 is 14.9 Å². The molecule has 0 radical (unpaired) electrons. The van der Waals surface area contributed by atoms with Crippen LogP contribution in [0.2, 0.25) is 0 Å². The van der Waals surface area contributed by atoms with Crippen molar-refractivity contribution in [2.45, 2.75) is 26.4 Å². The fraction of sp³-hybridized carbons (Fsp3) is 0.412. The van der Waals surface area contributed by atoms with Crippen LogP contribution in [-0.2, 0) is 13.1 Å². The van der Waals surface area contributed by atoms with E-state index in [2.05, 4.69) is 11.8 Å². The summed E-state index contributed by atoms with van der Waals surface area (Å²) in [5.74, 6) is 1.90. The first-order chi connectivity index (χ1) is 10.3. The highest BCUT2D eigenvalue weighted by atomic mass is 16.5. The van der Waals surface area contributed by atoms with Gasteiger partial charge in [0.25, 0.3) is 0 Å². The van der Waals surface area contributed by atoms with E-state index in [1.54, 1.807) is 6.26 Å². The monoisotopic (exact) mass is 288 g/mol. The summed E-state index contributed by atoms with van der Waals surface area (Å²) in [6.07, 6.45) is 2.71. The lowest BCUT2D eigenvalue weighted by Crippen LogP contribution is -2.25. The van der Waals surface area contributed by atoms with Crippen LogP contribution in [0.1, 0.15) is 24.7 Å². The third-order valence-electron chi connectivity index (χ3n) is 3.43. The number of hydrogen-bond acceptors (Lipinski definition) is 4. The molecule has 0 unspecified atom stereocenters. The second-order valence-corrected chi connectivity index (χ2v) is 5.00. The van der Waals surface area contributed by atoms with Gasteiger partial charge in [0.2, 0.25) is 0 Å². The van der Waals surface area contributed by atoms with Crippen LogP contribution in [0, 0.1) is 0 Å². The number of hydrogen-bond donors (Lipinski definition) is 1. The predicted octanol–water partition coefficient (Wildman–Crippen LogP) is 3.03. The maximum Gasteiger partial charge on any atom is 0.119 e. The number of benzene rings is 1. The summed E-state index contributed by atoms with van der Waals surface area (Å²) in [6, 6.07) is 11.9. The van der Waals surface area contributed by atoms with Crippen LogP contribution in [0.25, 0.3) is 0 Å². The van der Waals surface area contributed by atoms with E-state index in [0.717, 1.165) is 43.1 Å². The highest BCUT2D eigenvalue weighted by molar-refractivity contribution is 5.28. The molecule has 0 spiro atoms. The first kappa shape index (κ1) is 15.6. The molecule has 21 heavy (non-hydrogen) atoms. The van der Waals surface area contributed by atoms with Crippen LogP contribution in [0.15, 0.2) is 47.1 Å².